The number of carbonyl (C=O) groups excluding carboxylic acids is 1. The van der Waals surface area contributed by atoms with E-state index in [-0.39, 0.29) is 35.6 Å². The molecule has 0 saturated heterocycles. The molecule has 31 heavy (non-hydrogen) atoms. The number of fused-ring (bicyclic) bond motifs is 1. The summed E-state index contributed by atoms with van der Waals surface area (Å²) in [7, 11) is 0. The van der Waals surface area contributed by atoms with Crippen molar-refractivity contribution in [2.75, 3.05) is 11.1 Å². The molecule has 0 bridgehead atoms. The Balaban J connectivity index is 1.57. The van der Waals surface area contributed by atoms with Crippen LogP contribution in [0.25, 0.3) is 10.8 Å². The third kappa shape index (κ3) is 4.32. The first-order chi connectivity index (χ1) is 15.0. The summed E-state index contributed by atoms with van der Waals surface area (Å²) < 4.78 is 6.59. The van der Waals surface area contributed by atoms with Crippen molar-refractivity contribution in [2.45, 2.75) is 20.1 Å². The van der Waals surface area contributed by atoms with E-state index >= 15 is 0 Å². The number of rotatable bonds is 6. The Morgan fingerprint density at radius 2 is 1.74 bits per heavy atom. The van der Waals surface area contributed by atoms with Crippen molar-refractivity contribution < 1.29 is 9.53 Å². The molecule has 156 valence electrons. The minimum Gasteiger partial charge on any atom is -0.453 e. The molecule has 3 N–H and O–H groups in total. The molecule has 0 saturated carbocycles. The SMILES string of the molecule is CCn1nc(C(=O)OCc2nc(N)nc(Nc3ccccc3)n2)c2ccccc2c1=O. The maximum atomic E-state index is 12.8. The minimum absolute atomic E-state index is 0.0115. The zero-order valence-electron chi connectivity index (χ0n) is 16.6. The summed E-state index contributed by atoms with van der Waals surface area (Å²) in [5.74, 6) is -0.308. The van der Waals surface area contributed by atoms with Crippen LogP contribution in [0, 0.1) is 0 Å². The van der Waals surface area contributed by atoms with Gasteiger partial charge in [0.05, 0.1) is 5.39 Å². The predicted molar refractivity (Wildman–Crippen MR) is 115 cm³/mol. The molecule has 10 nitrogen and oxygen atoms in total. The second kappa shape index (κ2) is 8.57. The monoisotopic (exact) mass is 417 g/mol. The van der Waals surface area contributed by atoms with E-state index in [1.165, 1.54) is 4.68 Å². The van der Waals surface area contributed by atoms with Gasteiger partial charge in [-0.25, -0.2) is 9.48 Å². The molecule has 0 fully saturated rings. The van der Waals surface area contributed by atoms with Gasteiger partial charge in [-0.1, -0.05) is 36.4 Å². The number of nitrogen functional groups attached to an aromatic ring is 1. The molecule has 0 spiro atoms. The van der Waals surface area contributed by atoms with Gasteiger partial charge in [-0.05, 0) is 25.1 Å². The van der Waals surface area contributed by atoms with Gasteiger partial charge in [0.1, 0.15) is 0 Å². The second-order valence-corrected chi connectivity index (χ2v) is 6.52. The average molecular weight is 417 g/mol. The second-order valence-electron chi connectivity index (χ2n) is 6.52. The Morgan fingerprint density at radius 1 is 1.03 bits per heavy atom. The number of nitrogens with two attached hydrogens (primary N) is 1. The highest BCUT2D eigenvalue weighted by atomic mass is 16.5. The van der Waals surface area contributed by atoms with E-state index in [4.69, 9.17) is 10.5 Å². The molecule has 2 heterocycles. The van der Waals surface area contributed by atoms with Gasteiger partial charge >= 0.3 is 5.97 Å². The molecule has 10 heteroatoms. The molecule has 4 aromatic rings. The molecule has 0 aliphatic carbocycles. The van der Waals surface area contributed by atoms with Crippen LogP contribution in [0.3, 0.4) is 0 Å². The van der Waals surface area contributed by atoms with Crippen molar-refractivity contribution >= 4 is 34.3 Å². The van der Waals surface area contributed by atoms with E-state index in [1.54, 1.807) is 31.2 Å². The molecule has 0 radical (unpaired) electrons. The van der Waals surface area contributed by atoms with Crippen LogP contribution in [0.1, 0.15) is 23.2 Å². The van der Waals surface area contributed by atoms with E-state index in [2.05, 4.69) is 25.4 Å². The Kier molecular flexibility index (Phi) is 5.52. The summed E-state index contributed by atoms with van der Waals surface area (Å²) in [6, 6.07) is 16.1. The summed E-state index contributed by atoms with van der Waals surface area (Å²) in [6.45, 7) is 1.85. The van der Waals surface area contributed by atoms with E-state index in [9.17, 15) is 9.59 Å². The van der Waals surface area contributed by atoms with Crippen molar-refractivity contribution in [3.8, 4) is 0 Å². The molecular formula is C21H19N7O3. The van der Waals surface area contributed by atoms with Crippen LogP contribution < -0.4 is 16.6 Å². The lowest BCUT2D eigenvalue weighted by atomic mass is 10.1. The number of nitrogens with zero attached hydrogens (tertiary/aromatic N) is 5. The summed E-state index contributed by atoms with van der Waals surface area (Å²) in [5, 5.41) is 7.99. The number of nitrogens with one attached hydrogen (secondary N) is 1. The third-order valence-electron chi connectivity index (χ3n) is 4.42. The molecule has 4 rings (SSSR count). The third-order valence-corrected chi connectivity index (χ3v) is 4.42. The number of hydrogen-bond donors (Lipinski definition) is 2. The number of benzene rings is 2. The van der Waals surface area contributed by atoms with E-state index in [0.29, 0.717) is 17.3 Å². The van der Waals surface area contributed by atoms with Crippen LogP contribution in [0.4, 0.5) is 17.6 Å². The highest BCUT2D eigenvalue weighted by Gasteiger charge is 2.18. The smallest absolute Gasteiger partial charge is 0.359 e. The first-order valence-corrected chi connectivity index (χ1v) is 9.54. The quantitative estimate of drug-likeness (QED) is 0.452. The van der Waals surface area contributed by atoms with Crippen LogP contribution in [-0.2, 0) is 17.9 Å². The molecule has 0 amide bonds. The van der Waals surface area contributed by atoms with Crippen molar-refractivity contribution in [3.63, 3.8) is 0 Å². The first kappa shape index (κ1) is 20.0. The fourth-order valence-electron chi connectivity index (χ4n) is 3.01. The number of anilines is 3. The number of para-hydroxylation sites is 1. The molecule has 2 aromatic heterocycles. The van der Waals surface area contributed by atoms with Gasteiger partial charge in [-0.3, -0.25) is 4.79 Å². The van der Waals surface area contributed by atoms with E-state index < -0.39 is 5.97 Å². The molecule has 0 aliphatic rings. The van der Waals surface area contributed by atoms with Crippen molar-refractivity contribution in [1.82, 2.24) is 24.7 Å². The van der Waals surface area contributed by atoms with Crippen LogP contribution in [-0.4, -0.2) is 30.7 Å². The average Bonchev–Trinajstić information content (AvgIpc) is 2.78. The molecule has 0 unspecified atom stereocenters. The number of aryl methyl sites for hydroxylation is 1. The lowest BCUT2D eigenvalue weighted by Gasteiger charge is -2.10. The number of aromatic nitrogens is 5. The molecular weight excluding hydrogens is 398 g/mol. The van der Waals surface area contributed by atoms with Gasteiger partial charge in [0.25, 0.3) is 5.56 Å². The standard InChI is InChI=1S/C21H19N7O3/c1-2-28-18(29)15-11-7-6-10-14(15)17(27-28)19(30)31-12-16-24-20(22)26-21(25-16)23-13-8-4-3-5-9-13/h3-11H,2,12H2,1H3,(H3,22,23,24,25,26). The summed E-state index contributed by atoms with van der Waals surface area (Å²) >= 11 is 0. The van der Waals surface area contributed by atoms with Crippen molar-refractivity contribution in [2.24, 2.45) is 0 Å². The van der Waals surface area contributed by atoms with Gasteiger partial charge in [0.15, 0.2) is 18.1 Å². The van der Waals surface area contributed by atoms with Crippen molar-refractivity contribution in [3.05, 3.63) is 76.5 Å². The van der Waals surface area contributed by atoms with Gasteiger partial charge in [-0.15, -0.1) is 0 Å². The van der Waals surface area contributed by atoms with Gasteiger partial charge in [0, 0.05) is 17.6 Å². The zero-order chi connectivity index (χ0) is 21.8. The van der Waals surface area contributed by atoms with Crippen LogP contribution >= 0.6 is 0 Å². The van der Waals surface area contributed by atoms with Gasteiger partial charge < -0.3 is 15.8 Å². The highest BCUT2D eigenvalue weighted by molar-refractivity contribution is 6.02. The first-order valence-electron chi connectivity index (χ1n) is 9.54. The summed E-state index contributed by atoms with van der Waals surface area (Å²) in [5.41, 5.74) is 6.31. The zero-order valence-corrected chi connectivity index (χ0v) is 16.6. The van der Waals surface area contributed by atoms with Crippen molar-refractivity contribution in [1.29, 1.82) is 0 Å². The Labute approximate surface area is 176 Å². The lowest BCUT2D eigenvalue weighted by molar-refractivity contribution is 0.0455. The number of esters is 1. The van der Waals surface area contributed by atoms with Crippen LogP contribution in [0.5, 0.6) is 0 Å². The lowest BCUT2D eigenvalue weighted by Crippen LogP contribution is -2.25. The van der Waals surface area contributed by atoms with Gasteiger partial charge in [0.2, 0.25) is 11.9 Å². The molecule has 0 aliphatic heterocycles. The fourth-order valence-corrected chi connectivity index (χ4v) is 3.01. The minimum atomic E-state index is -0.699. The maximum absolute atomic E-state index is 12.8. The normalized spacial score (nSPS) is 10.7. The number of ether oxygens (including phenoxy) is 1. The largest absolute Gasteiger partial charge is 0.453 e. The predicted octanol–water partition coefficient (Wildman–Crippen LogP) is 2.28. The Hall–Kier alpha value is -4.34. The van der Waals surface area contributed by atoms with Gasteiger partial charge in [-0.2, -0.15) is 20.1 Å². The Morgan fingerprint density at radius 3 is 2.48 bits per heavy atom. The van der Waals surface area contributed by atoms with E-state index in [0.717, 1.165) is 5.69 Å². The number of carbonyl (C=O) groups is 1. The topological polar surface area (TPSA) is 138 Å². The fraction of sp³-hybridized carbons (Fsp3) is 0.143. The van der Waals surface area contributed by atoms with Crippen LogP contribution in [0.2, 0.25) is 0 Å². The Bertz CT molecular complexity index is 1310. The van der Waals surface area contributed by atoms with E-state index in [1.807, 2.05) is 30.3 Å². The van der Waals surface area contributed by atoms with Crippen LogP contribution in [0.15, 0.2) is 59.4 Å². The number of hydrogen-bond acceptors (Lipinski definition) is 9. The maximum Gasteiger partial charge on any atom is 0.359 e. The summed E-state index contributed by atoms with van der Waals surface area (Å²) in [4.78, 5) is 37.5. The summed E-state index contributed by atoms with van der Waals surface area (Å²) in [6.07, 6.45) is 0. The highest BCUT2D eigenvalue weighted by Crippen LogP contribution is 2.16. The molecule has 0 atom stereocenters. The molecule has 2 aromatic carbocycles.